The van der Waals surface area contributed by atoms with E-state index < -0.39 is 110 Å². The van der Waals surface area contributed by atoms with Gasteiger partial charge in [0.2, 0.25) is 12.6 Å². The highest BCUT2D eigenvalue weighted by Gasteiger charge is 2.58. The van der Waals surface area contributed by atoms with Crippen LogP contribution in [0.3, 0.4) is 0 Å². The Morgan fingerprint density at radius 2 is 0.560 bits per heavy atom. The van der Waals surface area contributed by atoms with Crippen molar-refractivity contribution in [1.82, 2.24) is 0 Å². The first-order valence-corrected chi connectivity index (χ1v) is 23.2. The van der Waals surface area contributed by atoms with Crippen LogP contribution in [0.25, 0.3) is 20.9 Å². The van der Waals surface area contributed by atoms with E-state index in [1.165, 1.54) is 72.8 Å². The van der Waals surface area contributed by atoms with E-state index in [9.17, 15) is 39.8 Å². The van der Waals surface area contributed by atoms with Crippen LogP contribution in [0.1, 0.15) is 62.1 Å². The van der Waals surface area contributed by atoms with Crippen molar-refractivity contribution in [1.29, 1.82) is 0 Å². The first-order valence-electron chi connectivity index (χ1n) is 23.2. The number of carbonyl (C=O) groups excluding carboxylic acids is 6. The number of esters is 6. The highest BCUT2D eigenvalue weighted by molar-refractivity contribution is 5.92. The Bertz CT molecular complexity index is 2820. The van der Waals surface area contributed by atoms with Crippen LogP contribution in [0.2, 0.25) is 0 Å². The molecule has 6 unspecified atom stereocenters. The van der Waals surface area contributed by atoms with Crippen molar-refractivity contribution >= 4 is 35.8 Å². The fourth-order valence-corrected chi connectivity index (χ4v) is 8.03. The van der Waals surface area contributed by atoms with Gasteiger partial charge in [0.25, 0.3) is 0 Å². The zero-order chi connectivity index (χ0) is 52.5. The summed E-state index contributed by atoms with van der Waals surface area (Å²) in [6, 6.07) is 45.9. The molecule has 0 N–H and O–H groups in total. The van der Waals surface area contributed by atoms with Gasteiger partial charge in [-0.3, -0.25) is 0 Å². The maximum atomic E-state index is 14.3. The minimum atomic E-state index is -2.05. The maximum Gasteiger partial charge on any atom is 0.338 e. The lowest BCUT2D eigenvalue weighted by atomic mass is 9.96. The second-order valence-electron chi connectivity index (χ2n) is 16.5. The highest BCUT2D eigenvalue weighted by Crippen LogP contribution is 2.37. The molecule has 2 heterocycles. The molecular formula is C54H44N6O15. The second kappa shape index (κ2) is 25.3. The second-order valence-corrected chi connectivity index (χ2v) is 16.5. The summed E-state index contributed by atoms with van der Waals surface area (Å²) >= 11 is 0. The van der Waals surface area contributed by atoms with Crippen LogP contribution >= 0.6 is 0 Å². The molecular weight excluding hydrogens is 973 g/mol. The molecule has 2 aliphatic heterocycles. The van der Waals surface area contributed by atoms with E-state index >= 15 is 0 Å². The maximum absolute atomic E-state index is 14.3. The summed E-state index contributed by atoms with van der Waals surface area (Å²) in [5.41, 5.74) is 19.3. The van der Waals surface area contributed by atoms with Crippen molar-refractivity contribution in [3.05, 3.63) is 236 Å². The standard InChI is InChI=1S/C54H44N6O15/c55-59-57-31-39-41(69-47(61)33-19-7-1-8-20-33)43(71-49(63)35-23-11-3-12-24-35)45(73-51(65)37-27-15-5-16-28-37)53(67-39)75-54-46(74-52(66)38-29-17-6-18-30-38)44(72-50(64)36-25-13-4-14-26-36)42(40(68-54)32-58-60-56)70-48(62)34-21-9-2-10-22-34/h1-30,39-46,53-54H,31-32H2/t39?,40?,41-,42-,43?,44?,45?,46?,53-,54-/m1/s1. The van der Waals surface area contributed by atoms with E-state index in [0.29, 0.717) is 0 Å². The van der Waals surface area contributed by atoms with Gasteiger partial charge in [-0.05, 0) is 83.9 Å². The Kier molecular flexibility index (Phi) is 17.6. The van der Waals surface area contributed by atoms with Gasteiger partial charge in [-0.2, -0.15) is 0 Å². The average molecular weight is 1020 g/mol. The minimum Gasteiger partial charge on any atom is -0.452 e. The smallest absolute Gasteiger partial charge is 0.338 e. The van der Waals surface area contributed by atoms with Crippen LogP contribution in [-0.2, 0) is 42.6 Å². The monoisotopic (exact) mass is 1020 g/mol. The lowest BCUT2D eigenvalue weighted by molar-refractivity contribution is -0.368. The average Bonchev–Trinajstić information content (AvgIpc) is 3.46. The lowest BCUT2D eigenvalue weighted by Crippen LogP contribution is -2.66. The summed E-state index contributed by atoms with van der Waals surface area (Å²) in [5, 5.41) is 7.38. The van der Waals surface area contributed by atoms with Crippen molar-refractivity contribution in [3.8, 4) is 0 Å². The highest BCUT2D eigenvalue weighted by atomic mass is 16.8. The third kappa shape index (κ3) is 13.2. The number of azide groups is 2. The van der Waals surface area contributed by atoms with Crippen molar-refractivity contribution in [3.63, 3.8) is 0 Å². The molecule has 10 atom stereocenters. The first-order chi connectivity index (χ1) is 36.6. The van der Waals surface area contributed by atoms with Gasteiger partial charge in [-0.15, -0.1) is 0 Å². The molecule has 8 rings (SSSR count). The topological polar surface area (TPSA) is 283 Å². The molecule has 21 nitrogen and oxygen atoms in total. The number of benzene rings is 6. The lowest BCUT2D eigenvalue weighted by Gasteiger charge is -2.48. The van der Waals surface area contributed by atoms with E-state index in [1.807, 2.05) is 0 Å². The summed E-state index contributed by atoms with van der Waals surface area (Å²) in [6.45, 7) is -1.26. The molecule has 75 heavy (non-hydrogen) atoms. The van der Waals surface area contributed by atoms with Crippen LogP contribution in [0.4, 0.5) is 0 Å². The third-order valence-electron chi connectivity index (χ3n) is 11.6. The van der Waals surface area contributed by atoms with E-state index in [-0.39, 0.29) is 33.4 Å². The van der Waals surface area contributed by atoms with Gasteiger partial charge < -0.3 is 42.6 Å². The Hall–Kier alpha value is -9.36. The normalized spacial score (nSPS) is 22.8. The summed E-state index contributed by atoms with van der Waals surface area (Å²) < 4.78 is 56.3. The molecule has 0 aromatic heterocycles. The van der Waals surface area contributed by atoms with Gasteiger partial charge in [0.15, 0.2) is 36.6 Å². The molecule has 0 aliphatic carbocycles. The molecule has 2 saturated heterocycles. The Labute approximate surface area is 427 Å². The van der Waals surface area contributed by atoms with Crippen LogP contribution in [0, 0.1) is 0 Å². The summed E-state index contributed by atoms with van der Waals surface area (Å²) in [6.07, 6.45) is -18.4. The van der Waals surface area contributed by atoms with Gasteiger partial charge in [-0.1, -0.05) is 119 Å². The molecule has 0 saturated carbocycles. The molecule has 0 radical (unpaired) electrons. The number of hydrogen-bond donors (Lipinski definition) is 0. The quantitative estimate of drug-likeness (QED) is 0.0257. The predicted molar refractivity (Wildman–Crippen MR) is 260 cm³/mol. The molecule has 6 aromatic rings. The van der Waals surface area contributed by atoms with Gasteiger partial charge in [0, 0.05) is 9.82 Å². The molecule has 0 amide bonds. The van der Waals surface area contributed by atoms with Crippen LogP contribution in [0.5, 0.6) is 0 Å². The number of nitrogens with zero attached hydrogens (tertiary/aromatic N) is 6. The van der Waals surface area contributed by atoms with Gasteiger partial charge in [-0.25, -0.2) is 28.8 Å². The van der Waals surface area contributed by atoms with Gasteiger partial charge in [0.05, 0.1) is 46.5 Å². The number of rotatable bonds is 18. The number of carbonyl (C=O) groups is 6. The summed E-state index contributed by atoms with van der Waals surface area (Å²) in [7, 11) is 0. The predicted octanol–water partition coefficient (Wildman–Crippen LogP) is 8.43. The molecule has 380 valence electrons. The largest absolute Gasteiger partial charge is 0.452 e. The van der Waals surface area contributed by atoms with Crippen LogP contribution in [-0.4, -0.2) is 110 Å². The number of ether oxygens (including phenoxy) is 9. The minimum absolute atomic E-state index is 0.00704. The fraction of sp³-hybridized carbons (Fsp3) is 0.222. The summed E-state index contributed by atoms with van der Waals surface area (Å²) in [5.74, 6) is -5.96. The Balaban J connectivity index is 1.28. The molecule has 2 fully saturated rings. The van der Waals surface area contributed by atoms with Crippen LogP contribution < -0.4 is 0 Å². The molecule has 0 spiro atoms. The number of hydrogen-bond acceptors (Lipinski definition) is 17. The molecule has 6 aromatic carbocycles. The van der Waals surface area contributed by atoms with E-state index in [0.717, 1.165) is 0 Å². The van der Waals surface area contributed by atoms with Crippen molar-refractivity contribution in [2.45, 2.75) is 61.4 Å². The zero-order valence-electron chi connectivity index (χ0n) is 39.3. The van der Waals surface area contributed by atoms with Crippen LogP contribution in [0.15, 0.2) is 192 Å². The van der Waals surface area contributed by atoms with Crippen molar-refractivity contribution in [2.75, 3.05) is 13.1 Å². The molecule has 0 bridgehead atoms. The van der Waals surface area contributed by atoms with Gasteiger partial charge in [0.1, 0.15) is 12.2 Å². The Morgan fingerprint density at radius 1 is 0.347 bits per heavy atom. The van der Waals surface area contributed by atoms with Crippen molar-refractivity contribution in [2.24, 2.45) is 10.2 Å². The third-order valence-corrected chi connectivity index (χ3v) is 11.6. The van der Waals surface area contributed by atoms with Crippen molar-refractivity contribution < 1.29 is 71.4 Å². The van der Waals surface area contributed by atoms with E-state index in [2.05, 4.69) is 20.1 Å². The first kappa shape index (κ1) is 52.0. The Morgan fingerprint density at radius 3 is 0.787 bits per heavy atom. The van der Waals surface area contributed by atoms with E-state index in [1.54, 1.807) is 109 Å². The SMILES string of the molecule is [N-]=[N+]=NCC1O[C@H](O[C@H]2OC(CN=[N+]=[N-])[C@@H](OC(=O)c3ccccc3)C(OC(=O)c3ccccc3)C2OC(=O)c2ccccc2)C(OC(=O)c2ccccc2)C(OC(=O)c2ccccc2)[C@@H]1OC(=O)c1ccccc1. The molecule has 21 heteroatoms. The summed E-state index contributed by atoms with van der Waals surface area (Å²) in [4.78, 5) is 90.6. The van der Waals surface area contributed by atoms with E-state index in [4.69, 9.17) is 42.6 Å². The van der Waals surface area contributed by atoms with Gasteiger partial charge >= 0.3 is 35.8 Å². The molecule has 2 aliphatic rings. The zero-order valence-corrected chi connectivity index (χ0v) is 39.3. The fourth-order valence-electron chi connectivity index (χ4n) is 8.03.